The van der Waals surface area contributed by atoms with E-state index in [0.717, 1.165) is 5.56 Å². The van der Waals surface area contributed by atoms with E-state index in [1.165, 1.54) is 14.2 Å². The lowest BCUT2D eigenvalue weighted by Gasteiger charge is -2.35. The molecule has 0 fully saturated rings. The first-order valence-corrected chi connectivity index (χ1v) is 12.6. The van der Waals surface area contributed by atoms with Crippen LogP contribution in [0, 0.1) is 5.92 Å². The number of benzene rings is 1. The third-order valence-corrected chi connectivity index (χ3v) is 9.84. The third-order valence-electron chi connectivity index (χ3n) is 5.00. The molecule has 0 radical (unpaired) electrons. The number of hydrogen-bond acceptors (Lipinski definition) is 6. The van der Waals surface area contributed by atoms with Gasteiger partial charge >= 0.3 is 11.9 Å². The van der Waals surface area contributed by atoms with Gasteiger partial charge in [0.05, 0.1) is 20.8 Å². The first kappa shape index (κ1) is 25.0. The molecule has 0 bridgehead atoms. The van der Waals surface area contributed by atoms with E-state index in [1.54, 1.807) is 0 Å². The largest absolute Gasteiger partial charge is 0.468 e. The van der Waals surface area contributed by atoms with Crippen molar-refractivity contribution in [1.29, 1.82) is 0 Å². The van der Waals surface area contributed by atoms with Crippen LogP contribution in [0.5, 0.6) is 0 Å². The number of methoxy groups -OCH3 is 2. The van der Waals surface area contributed by atoms with Crippen molar-refractivity contribution < 1.29 is 23.5 Å². The number of rotatable bonds is 8. The lowest BCUT2D eigenvalue weighted by Crippen LogP contribution is -2.40. The number of esters is 2. The van der Waals surface area contributed by atoms with E-state index < -0.39 is 26.2 Å². The van der Waals surface area contributed by atoms with E-state index in [-0.39, 0.29) is 10.0 Å². The van der Waals surface area contributed by atoms with E-state index in [2.05, 4.69) is 48.7 Å². The van der Waals surface area contributed by atoms with Gasteiger partial charge in [-0.3, -0.25) is 9.59 Å². The molecule has 29 heavy (non-hydrogen) atoms. The van der Waals surface area contributed by atoms with Crippen LogP contribution >= 0.6 is 12.2 Å². The number of nitrogens with one attached hydrogen (secondary N) is 1. The molecule has 1 N–H and O–H groups in total. The van der Waals surface area contributed by atoms with Gasteiger partial charge in [0.1, 0.15) is 4.99 Å². The minimum absolute atomic E-state index is 0.0158. The van der Waals surface area contributed by atoms with Crippen LogP contribution < -0.4 is 5.32 Å². The van der Waals surface area contributed by atoms with Crippen LogP contribution in [0.15, 0.2) is 30.3 Å². The Bertz CT molecular complexity index is 755. The van der Waals surface area contributed by atoms with Crippen molar-refractivity contribution in [2.75, 3.05) is 26.1 Å². The summed E-state index contributed by atoms with van der Waals surface area (Å²) in [6, 6.07) is 7.44. The molecule has 0 aliphatic carbocycles. The average molecular weight is 438 g/mol. The number of para-hydroxylation sites is 1. The summed E-state index contributed by atoms with van der Waals surface area (Å²) in [5.41, 5.74) is 1.51. The van der Waals surface area contributed by atoms with E-state index in [9.17, 15) is 9.59 Å². The Balaban J connectivity index is 2.92. The molecule has 1 aromatic carbocycles. The zero-order valence-electron chi connectivity index (χ0n) is 18.2. The Hall–Kier alpha value is -2.03. The maximum Gasteiger partial charge on any atom is 0.327 e. The molecular weight excluding hydrogens is 406 g/mol. The number of hydrogen-bond donors (Lipinski definition) is 1. The van der Waals surface area contributed by atoms with Crippen molar-refractivity contribution in [3.8, 4) is 0 Å². The maximum atomic E-state index is 11.9. The third kappa shape index (κ3) is 7.06. The maximum absolute atomic E-state index is 11.9. The molecule has 0 unspecified atom stereocenters. The highest BCUT2D eigenvalue weighted by atomic mass is 32.1. The molecule has 0 saturated heterocycles. The van der Waals surface area contributed by atoms with E-state index in [4.69, 9.17) is 16.6 Å². The molecule has 1 aromatic rings. The van der Waals surface area contributed by atoms with Gasteiger partial charge in [-0.2, -0.15) is 0 Å². The Labute approximate surface area is 179 Å². The highest BCUT2D eigenvalue weighted by Crippen LogP contribution is 2.36. The first-order valence-electron chi connectivity index (χ1n) is 9.30. The second-order valence-corrected chi connectivity index (χ2v) is 13.3. The minimum Gasteiger partial charge on any atom is -0.468 e. The number of thiocarbonyl (C=S) groups is 1. The van der Waals surface area contributed by atoms with Crippen molar-refractivity contribution in [3.63, 3.8) is 0 Å². The zero-order valence-corrected chi connectivity index (χ0v) is 20.0. The van der Waals surface area contributed by atoms with Gasteiger partial charge in [0.2, 0.25) is 5.92 Å². The van der Waals surface area contributed by atoms with Crippen LogP contribution in [-0.4, -0.2) is 46.1 Å². The van der Waals surface area contributed by atoms with Crippen molar-refractivity contribution in [1.82, 2.24) is 0 Å². The predicted molar refractivity (Wildman–Crippen MR) is 122 cm³/mol. The van der Waals surface area contributed by atoms with Gasteiger partial charge < -0.3 is 19.2 Å². The van der Waals surface area contributed by atoms with E-state index >= 15 is 0 Å². The monoisotopic (exact) mass is 437 g/mol. The molecule has 0 aromatic heterocycles. The van der Waals surface area contributed by atoms with Gasteiger partial charge in [0.15, 0.2) is 8.32 Å². The molecule has 0 heterocycles. The minimum atomic E-state index is -1.82. The molecule has 0 atom stereocenters. The Morgan fingerprint density at radius 2 is 1.69 bits per heavy atom. The van der Waals surface area contributed by atoms with Crippen molar-refractivity contribution in [2.45, 2.75) is 38.9 Å². The predicted octanol–water partition coefficient (Wildman–Crippen LogP) is 4.42. The number of carbonyl (C=O) groups is 2. The Morgan fingerprint density at radius 1 is 1.14 bits per heavy atom. The summed E-state index contributed by atoms with van der Waals surface area (Å²) in [4.78, 5) is 23.9. The zero-order chi connectivity index (χ0) is 22.2. The van der Waals surface area contributed by atoms with Gasteiger partial charge in [0.25, 0.3) is 0 Å². The standard InChI is InChI=1S/C21H31NO5SSi/c1-21(2,3)29(6,7)27-14-10-12-15-11-8-9-13-16(15)22-18(28)17(19(23)25-4)20(24)26-5/h8-13,17H,14H2,1-7H3,(H,22,28)/b12-10-. The second-order valence-electron chi connectivity index (χ2n) is 8.03. The van der Waals surface area contributed by atoms with Crippen molar-refractivity contribution in [2.24, 2.45) is 5.92 Å². The van der Waals surface area contributed by atoms with Gasteiger partial charge in [-0.1, -0.05) is 63.3 Å². The summed E-state index contributed by atoms with van der Waals surface area (Å²) in [6.07, 6.45) is 3.87. The summed E-state index contributed by atoms with van der Waals surface area (Å²) in [5.74, 6) is -2.87. The summed E-state index contributed by atoms with van der Waals surface area (Å²) in [6.45, 7) is 11.5. The summed E-state index contributed by atoms with van der Waals surface area (Å²) < 4.78 is 15.5. The molecule has 160 valence electrons. The van der Waals surface area contributed by atoms with Gasteiger partial charge in [-0.15, -0.1) is 0 Å². The normalized spacial score (nSPS) is 12.1. The van der Waals surface area contributed by atoms with E-state index in [0.29, 0.717) is 12.3 Å². The fourth-order valence-corrected chi connectivity index (χ4v) is 3.40. The second kappa shape index (κ2) is 10.7. The lowest BCUT2D eigenvalue weighted by molar-refractivity contribution is -0.154. The summed E-state index contributed by atoms with van der Waals surface area (Å²) in [7, 11) is 0.567. The quantitative estimate of drug-likeness (QED) is 0.279. The van der Waals surface area contributed by atoms with Crippen LogP contribution in [0.3, 0.4) is 0 Å². The average Bonchev–Trinajstić information content (AvgIpc) is 2.65. The van der Waals surface area contributed by atoms with Crippen LogP contribution in [-0.2, 0) is 23.5 Å². The molecule has 0 spiro atoms. The SMILES string of the molecule is COC(=O)C(C(=O)OC)C(=S)Nc1ccccc1/C=C\CO[Si](C)(C)C(C)(C)C. The van der Waals surface area contributed by atoms with Crippen LogP contribution in [0.1, 0.15) is 26.3 Å². The fourth-order valence-electron chi connectivity index (χ4n) is 2.16. The van der Waals surface area contributed by atoms with Crippen LogP contribution in [0.25, 0.3) is 6.08 Å². The molecule has 0 amide bonds. The molecule has 8 heteroatoms. The summed E-state index contributed by atoms with van der Waals surface area (Å²) >= 11 is 5.27. The molecular formula is C21H31NO5SSi. The summed E-state index contributed by atoms with van der Waals surface area (Å²) in [5, 5.41) is 3.11. The molecule has 0 aliphatic heterocycles. The highest BCUT2D eigenvalue weighted by Gasteiger charge is 2.36. The van der Waals surface area contributed by atoms with E-state index in [1.807, 2.05) is 36.4 Å². The van der Waals surface area contributed by atoms with Crippen LogP contribution in [0.4, 0.5) is 5.69 Å². The molecule has 0 aliphatic rings. The fraction of sp³-hybridized carbons (Fsp3) is 0.476. The van der Waals surface area contributed by atoms with Gasteiger partial charge in [-0.05, 0) is 29.8 Å². The topological polar surface area (TPSA) is 73.9 Å². The van der Waals surface area contributed by atoms with Gasteiger partial charge in [0, 0.05) is 5.69 Å². The van der Waals surface area contributed by atoms with Crippen LogP contribution in [0.2, 0.25) is 18.1 Å². The Morgan fingerprint density at radius 3 is 2.21 bits per heavy atom. The number of ether oxygens (including phenoxy) is 2. The van der Waals surface area contributed by atoms with Crippen molar-refractivity contribution in [3.05, 3.63) is 35.9 Å². The number of anilines is 1. The van der Waals surface area contributed by atoms with Gasteiger partial charge in [-0.25, -0.2) is 0 Å². The molecule has 1 rings (SSSR count). The smallest absolute Gasteiger partial charge is 0.327 e. The number of carbonyl (C=O) groups excluding carboxylic acids is 2. The lowest BCUT2D eigenvalue weighted by atomic mass is 10.1. The Kier molecular flexibility index (Phi) is 9.19. The molecule has 0 saturated carbocycles. The van der Waals surface area contributed by atoms with Crippen molar-refractivity contribution >= 4 is 49.2 Å². The first-order chi connectivity index (χ1) is 13.4. The molecule has 6 nitrogen and oxygen atoms in total. The highest BCUT2D eigenvalue weighted by molar-refractivity contribution is 7.80.